The number of carbonyl (C=O) groups is 2. The average molecular weight is 339 g/mol. The standard InChI is InChI=1S/C18H33N3O3/c1-4-19(2)13-17(22)20-9-5-15(6-10-20)16-7-11-21(12-8-16)18(23)14-24-3/h15-16H,4-14H2,1-3H3. The fourth-order valence-electron chi connectivity index (χ4n) is 3.90. The molecule has 2 fully saturated rings. The number of methoxy groups -OCH3 is 1. The molecule has 0 atom stereocenters. The Balaban J connectivity index is 1.72. The van der Waals surface area contributed by atoms with Crippen LogP contribution in [0.3, 0.4) is 0 Å². The smallest absolute Gasteiger partial charge is 0.248 e. The molecule has 6 nitrogen and oxygen atoms in total. The van der Waals surface area contributed by atoms with Crippen LogP contribution < -0.4 is 0 Å². The van der Waals surface area contributed by atoms with Crippen molar-refractivity contribution >= 4 is 11.8 Å². The zero-order valence-electron chi connectivity index (χ0n) is 15.5. The van der Waals surface area contributed by atoms with Crippen LogP contribution in [-0.2, 0) is 14.3 Å². The van der Waals surface area contributed by atoms with Gasteiger partial charge in [-0.3, -0.25) is 14.5 Å². The van der Waals surface area contributed by atoms with Crippen molar-refractivity contribution in [1.29, 1.82) is 0 Å². The largest absolute Gasteiger partial charge is 0.375 e. The molecule has 0 radical (unpaired) electrons. The molecule has 0 saturated carbocycles. The van der Waals surface area contributed by atoms with Gasteiger partial charge >= 0.3 is 0 Å². The minimum atomic E-state index is 0.108. The summed E-state index contributed by atoms with van der Waals surface area (Å²) < 4.78 is 4.94. The molecule has 0 spiro atoms. The molecule has 2 rings (SSSR count). The summed E-state index contributed by atoms with van der Waals surface area (Å²) in [5.41, 5.74) is 0. The van der Waals surface area contributed by atoms with Crippen molar-refractivity contribution < 1.29 is 14.3 Å². The van der Waals surface area contributed by atoms with Gasteiger partial charge < -0.3 is 14.5 Å². The lowest BCUT2D eigenvalue weighted by Gasteiger charge is -2.40. The fraction of sp³-hybridized carbons (Fsp3) is 0.889. The molecule has 0 aromatic carbocycles. The molecular formula is C18H33N3O3. The van der Waals surface area contributed by atoms with E-state index in [4.69, 9.17) is 4.74 Å². The van der Waals surface area contributed by atoms with E-state index in [9.17, 15) is 9.59 Å². The molecule has 0 aromatic rings. The normalized spacial score (nSPS) is 20.7. The van der Waals surface area contributed by atoms with Gasteiger partial charge in [-0.1, -0.05) is 6.92 Å². The quantitative estimate of drug-likeness (QED) is 0.726. The molecule has 24 heavy (non-hydrogen) atoms. The van der Waals surface area contributed by atoms with Gasteiger partial charge in [-0.2, -0.15) is 0 Å². The molecule has 6 heteroatoms. The Morgan fingerprint density at radius 2 is 1.42 bits per heavy atom. The number of hydrogen-bond donors (Lipinski definition) is 0. The van der Waals surface area contributed by atoms with Crippen molar-refractivity contribution in [3.63, 3.8) is 0 Å². The zero-order valence-corrected chi connectivity index (χ0v) is 15.5. The molecule has 0 aliphatic carbocycles. The highest BCUT2D eigenvalue weighted by Crippen LogP contribution is 2.32. The van der Waals surface area contributed by atoms with Gasteiger partial charge in [-0.15, -0.1) is 0 Å². The van der Waals surface area contributed by atoms with Gasteiger partial charge in [-0.25, -0.2) is 0 Å². The van der Waals surface area contributed by atoms with Crippen LogP contribution in [0.1, 0.15) is 32.6 Å². The molecule has 0 N–H and O–H groups in total. The molecule has 2 aliphatic rings. The van der Waals surface area contributed by atoms with Gasteiger partial charge in [0, 0.05) is 33.3 Å². The topological polar surface area (TPSA) is 53.1 Å². The second-order valence-corrected chi connectivity index (χ2v) is 7.20. The maximum absolute atomic E-state index is 12.3. The van der Waals surface area contributed by atoms with Crippen molar-refractivity contribution in [2.75, 3.05) is 60.0 Å². The Kier molecular flexibility index (Phi) is 7.49. The van der Waals surface area contributed by atoms with Crippen LogP contribution in [0.15, 0.2) is 0 Å². The van der Waals surface area contributed by atoms with E-state index in [-0.39, 0.29) is 18.4 Å². The van der Waals surface area contributed by atoms with Gasteiger partial charge in [0.15, 0.2) is 0 Å². The Bertz CT molecular complexity index is 414. The van der Waals surface area contributed by atoms with Crippen LogP contribution in [0, 0.1) is 11.8 Å². The van der Waals surface area contributed by atoms with Crippen molar-refractivity contribution in [2.24, 2.45) is 11.8 Å². The summed E-state index contributed by atoms with van der Waals surface area (Å²) in [6.07, 6.45) is 4.40. The predicted molar refractivity (Wildman–Crippen MR) is 93.7 cm³/mol. The Morgan fingerprint density at radius 1 is 0.958 bits per heavy atom. The monoisotopic (exact) mass is 339 g/mol. The van der Waals surface area contributed by atoms with Gasteiger partial charge in [0.05, 0.1) is 6.54 Å². The molecule has 138 valence electrons. The first kappa shape index (κ1) is 19.2. The van der Waals surface area contributed by atoms with Gasteiger partial charge in [0.2, 0.25) is 11.8 Å². The highest BCUT2D eigenvalue weighted by atomic mass is 16.5. The minimum absolute atomic E-state index is 0.108. The molecule has 0 aromatic heterocycles. The van der Waals surface area contributed by atoms with Crippen molar-refractivity contribution in [2.45, 2.75) is 32.6 Å². The lowest BCUT2D eigenvalue weighted by Crippen LogP contribution is -2.46. The molecule has 2 aliphatic heterocycles. The van der Waals surface area contributed by atoms with Crippen molar-refractivity contribution in [1.82, 2.24) is 14.7 Å². The Morgan fingerprint density at radius 3 is 1.83 bits per heavy atom. The van der Waals surface area contributed by atoms with E-state index in [1.54, 1.807) is 7.11 Å². The summed E-state index contributed by atoms with van der Waals surface area (Å²) in [5.74, 6) is 1.78. The summed E-state index contributed by atoms with van der Waals surface area (Å²) in [7, 11) is 3.56. The summed E-state index contributed by atoms with van der Waals surface area (Å²) in [6.45, 7) is 7.19. The van der Waals surface area contributed by atoms with Crippen LogP contribution >= 0.6 is 0 Å². The first-order valence-electron chi connectivity index (χ1n) is 9.28. The van der Waals surface area contributed by atoms with E-state index in [2.05, 4.69) is 11.8 Å². The molecule has 2 amide bonds. The van der Waals surface area contributed by atoms with E-state index < -0.39 is 0 Å². The van der Waals surface area contributed by atoms with Crippen LogP contribution in [0.2, 0.25) is 0 Å². The van der Waals surface area contributed by atoms with Crippen LogP contribution in [0.5, 0.6) is 0 Å². The van der Waals surface area contributed by atoms with Crippen molar-refractivity contribution in [3.8, 4) is 0 Å². The number of ether oxygens (including phenoxy) is 1. The van der Waals surface area contributed by atoms with E-state index in [0.717, 1.165) is 58.4 Å². The third-order valence-corrected chi connectivity index (χ3v) is 5.66. The molecule has 2 saturated heterocycles. The van der Waals surface area contributed by atoms with E-state index in [1.807, 2.05) is 16.8 Å². The fourth-order valence-corrected chi connectivity index (χ4v) is 3.90. The predicted octanol–water partition coefficient (Wildman–Crippen LogP) is 1.06. The summed E-state index contributed by atoms with van der Waals surface area (Å²) in [4.78, 5) is 30.1. The number of carbonyl (C=O) groups excluding carboxylic acids is 2. The summed E-state index contributed by atoms with van der Waals surface area (Å²) in [6, 6.07) is 0. The molecular weight excluding hydrogens is 306 g/mol. The van der Waals surface area contributed by atoms with Crippen LogP contribution in [0.4, 0.5) is 0 Å². The second-order valence-electron chi connectivity index (χ2n) is 7.20. The zero-order chi connectivity index (χ0) is 17.5. The Hall–Kier alpha value is -1.14. The second kappa shape index (κ2) is 9.37. The summed E-state index contributed by atoms with van der Waals surface area (Å²) in [5, 5.41) is 0. The number of piperidine rings is 2. The van der Waals surface area contributed by atoms with E-state index >= 15 is 0 Å². The van der Waals surface area contributed by atoms with Gasteiger partial charge in [0.25, 0.3) is 0 Å². The number of rotatable bonds is 6. The van der Waals surface area contributed by atoms with Crippen molar-refractivity contribution in [3.05, 3.63) is 0 Å². The van der Waals surface area contributed by atoms with E-state index in [0.29, 0.717) is 18.4 Å². The number of nitrogens with zero attached hydrogens (tertiary/aromatic N) is 3. The lowest BCUT2D eigenvalue weighted by molar-refractivity contribution is -0.137. The molecule has 0 bridgehead atoms. The highest BCUT2D eigenvalue weighted by molar-refractivity contribution is 5.78. The SMILES string of the molecule is CCN(C)CC(=O)N1CCC(C2CCN(C(=O)COC)CC2)CC1. The molecule has 2 heterocycles. The lowest BCUT2D eigenvalue weighted by atomic mass is 9.79. The third-order valence-electron chi connectivity index (χ3n) is 5.66. The third kappa shape index (κ3) is 5.18. The minimum Gasteiger partial charge on any atom is -0.375 e. The number of amides is 2. The van der Waals surface area contributed by atoms with Crippen LogP contribution in [0.25, 0.3) is 0 Å². The molecule has 0 unspecified atom stereocenters. The maximum Gasteiger partial charge on any atom is 0.248 e. The first-order valence-corrected chi connectivity index (χ1v) is 9.28. The number of likely N-dealkylation sites (tertiary alicyclic amines) is 2. The van der Waals surface area contributed by atoms with Gasteiger partial charge in [0.1, 0.15) is 6.61 Å². The summed E-state index contributed by atoms with van der Waals surface area (Å²) >= 11 is 0. The van der Waals surface area contributed by atoms with Crippen LogP contribution in [-0.4, -0.2) is 86.5 Å². The average Bonchev–Trinajstić information content (AvgIpc) is 2.62. The first-order chi connectivity index (χ1) is 11.5. The van der Waals surface area contributed by atoms with Gasteiger partial charge in [-0.05, 0) is 51.1 Å². The number of likely N-dealkylation sites (N-methyl/N-ethyl adjacent to an activating group) is 1. The number of hydrogen-bond acceptors (Lipinski definition) is 4. The maximum atomic E-state index is 12.3. The van der Waals surface area contributed by atoms with E-state index in [1.165, 1.54) is 0 Å². The Labute approximate surface area is 146 Å². The highest BCUT2D eigenvalue weighted by Gasteiger charge is 2.31.